The first-order valence-electron chi connectivity index (χ1n) is 9.92. The third kappa shape index (κ3) is 6.35. The van der Waals surface area contributed by atoms with Gasteiger partial charge in [-0.1, -0.05) is 30.3 Å². The fraction of sp³-hybridized carbons (Fsp3) is 0.435. The van der Waals surface area contributed by atoms with Crippen LogP contribution in [0.15, 0.2) is 54.6 Å². The van der Waals surface area contributed by atoms with Crippen LogP contribution in [0.3, 0.4) is 0 Å². The van der Waals surface area contributed by atoms with Gasteiger partial charge in [-0.2, -0.15) is 5.26 Å². The lowest BCUT2D eigenvalue weighted by Gasteiger charge is -2.34. The second kappa shape index (κ2) is 10.2. The molecule has 0 radical (unpaired) electrons. The Kier molecular flexibility index (Phi) is 7.44. The van der Waals surface area contributed by atoms with Gasteiger partial charge in [0.15, 0.2) is 0 Å². The molecule has 0 aromatic heterocycles. The van der Waals surface area contributed by atoms with E-state index in [1.807, 2.05) is 37.4 Å². The van der Waals surface area contributed by atoms with Crippen LogP contribution in [0.25, 0.3) is 0 Å². The maximum Gasteiger partial charge on any atom is 0.119 e. The summed E-state index contributed by atoms with van der Waals surface area (Å²) >= 11 is 0. The number of nitriles is 1. The molecule has 2 aromatic rings. The Balaban J connectivity index is 1.36. The zero-order valence-corrected chi connectivity index (χ0v) is 16.5. The highest BCUT2D eigenvalue weighted by Crippen LogP contribution is 2.19. The molecular formula is C23H29N3O2. The number of aliphatic hydroxyl groups excluding tert-OH is 1. The van der Waals surface area contributed by atoms with E-state index in [4.69, 9.17) is 10.00 Å². The molecule has 1 aliphatic heterocycles. The summed E-state index contributed by atoms with van der Waals surface area (Å²) in [5.41, 5.74) is 1.91. The molecule has 3 rings (SSSR count). The van der Waals surface area contributed by atoms with Crippen LogP contribution in [-0.2, 0) is 6.54 Å². The van der Waals surface area contributed by atoms with Crippen molar-refractivity contribution in [2.45, 2.75) is 31.6 Å². The first kappa shape index (κ1) is 20.3. The summed E-state index contributed by atoms with van der Waals surface area (Å²) in [6, 6.07) is 19.7. The van der Waals surface area contributed by atoms with E-state index in [0.29, 0.717) is 18.7 Å². The minimum atomic E-state index is -0.357. The molecule has 1 unspecified atom stereocenters. The molecule has 1 N–H and O–H groups in total. The van der Waals surface area contributed by atoms with Crippen LogP contribution in [0.1, 0.15) is 24.0 Å². The first-order chi connectivity index (χ1) is 13.6. The van der Waals surface area contributed by atoms with Crippen LogP contribution in [0, 0.1) is 11.3 Å². The van der Waals surface area contributed by atoms with Gasteiger partial charge < -0.3 is 14.7 Å². The van der Waals surface area contributed by atoms with Gasteiger partial charge in [0.05, 0.1) is 17.7 Å². The molecule has 5 nitrogen and oxygen atoms in total. The number of aliphatic hydroxyl groups is 1. The molecule has 1 heterocycles. The third-order valence-corrected chi connectivity index (χ3v) is 5.11. The summed E-state index contributed by atoms with van der Waals surface area (Å²) in [6.45, 7) is 4.07. The summed E-state index contributed by atoms with van der Waals surface area (Å²) < 4.78 is 6.03. The Bertz CT molecular complexity index is 750. The number of ether oxygens (including phenoxy) is 1. The van der Waals surface area contributed by atoms with Gasteiger partial charge in [-0.25, -0.2) is 0 Å². The van der Waals surface area contributed by atoms with Gasteiger partial charge in [-0.3, -0.25) is 4.90 Å². The zero-order valence-electron chi connectivity index (χ0n) is 16.5. The molecule has 0 aliphatic carbocycles. The summed E-state index contributed by atoms with van der Waals surface area (Å²) in [7, 11) is 2.05. The van der Waals surface area contributed by atoms with Crippen molar-refractivity contribution in [2.75, 3.05) is 33.2 Å². The Morgan fingerprint density at radius 2 is 1.82 bits per heavy atom. The quantitative estimate of drug-likeness (QED) is 0.764. The number of nitrogens with zero attached hydrogens (tertiary/aromatic N) is 3. The SMILES string of the molecule is CN(Cc1ccccc1)CC(O)CN1CCC(Oc2ccc(C#N)cc2)CC1. The minimum absolute atomic E-state index is 0.196. The van der Waals surface area contributed by atoms with E-state index in [0.717, 1.165) is 38.2 Å². The monoisotopic (exact) mass is 379 g/mol. The van der Waals surface area contributed by atoms with Gasteiger partial charge in [0, 0.05) is 32.7 Å². The molecule has 148 valence electrons. The van der Waals surface area contributed by atoms with Crippen LogP contribution in [-0.4, -0.2) is 60.3 Å². The van der Waals surface area contributed by atoms with Crippen molar-refractivity contribution in [1.82, 2.24) is 9.80 Å². The number of rotatable bonds is 8. The van der Waals surface area contributed by atoms with Gasteiger partial charge in [-0.15, -0.1) is 0 Å². The number of piperidine rings is 1. The smallest absolute Gasteiger partial charge is 0.119 e. The largest absolute Gasteiger partial charge is 0.490 e. The van der Waals surface area contributed by atoms with Crippen molar-refractivity contribution in [2.24, 2.45) is 0 Å². The molecule has 1 atom stereocenters. The predicted octanol–water partition coefficient (Wildman–Crippen LogP) is 2.89. The van der Waals surface area contributed by atoms with Gasteiger partial charge in [-0.05, 0) is 49.7 Å². The third-order valence-electron chi connectivity index (χ3n) is 5.11. The molecule has 5 heteroatoms. The van der Waals surface area contributed by atoms with Crippen molar-refractivity contribution in [3.05, 3.63) is 65.7 Å². The molecule has 0 amide bonds. The number of β-amino-alcohol motifs (C(OH)–C–C–N with tert-alkyl or cyclic N) is 1. The zero-order chi connectivity index (χ0) is 19.8. The fourth-order valence-corrected chi connectivity index (χ4v) is 3.69. The summed E-state index contributed by atoms with van der Waals surface area (Å²) in [6.07, 6.45) is 1.74. The van der Waals surface area contributed by atoms with Crippen molar-refractivity contribution < 1.29 is 9.84 Å². The molecule has 0 spiro atoms. The first-order valence-corrected chi connectivity index (χ1v) is 9.92. The van der Waals surface area contributed by atoms with E-state index in [2.05, 4.69) is 28.0 Å². The Morgan fingerprint density at radius 3 is 2.46 bits per heavy atom. The second-order valence-electron chi connectivity index (χ2n) is 7.59. The number of hydrogen-bond acceptors (Lipinski definition) is 5. The van der Waals surface area contributed by atoms with Gasteiger partial charge >= 0.3 is 0 Å². The minimum Gasteiger partial charge on any atom is -0.490 e. The number of hydrogen-bond donors (Lipinski definition) is 1. The molecule has 1 aliphatic rings. The van der Waals surface area contributed by atoms with Gasteiger partial charge in [0.2, 0.25) is 0 Å². The van der Waals surface area contributed by atoms with E-state index in [9.17, 15) is 5.11 Å². The number of likely N-dealkylation sites (N-methyl/N-ethyl adjacent to an activating group) is 1. The lowest BCUT2D eigenvalue weighted by Crippen LogP contribution is -2.44. The molecule has 1 saturated heterocycles. The topological polar surface area (TPSA) is 59.7 Å². The highest BCUT2D eigenvalue weighted by atomic mass is 16.5. The maximum absolute atomic E-state index is 10.5. The normalized spacial score (nSPS) is 16.6. The van der Waals surface area contributed by atoms with Crippen LogP contribution in [0.4, 0.5) is 0 Å². The average Bonchev–Trinajstić information content (AvgIpc) is 2.70. The van der Waals surface area contributed by atoms with Crippen LogP contribution >= 0.6 is 0 Å². The maximum atomic E-state index is 10.5. The standard InChI is InChI=1S/C23H29N3O2/c1-25(16-20-5-3-2-4-6-20)17-21(27)18-26-13-11-23(12-14-26)28-22-9-7-19(15-24)8-10-22/h2-10,21,23,27H,11-14,16-18H2,1H3. The molecule has 0 saturated carbocycles. The molecule has 1 fully saturated rings. The summed E-state index contributed by atoms with van der Waals surface area (Å²) in [5.74, 6) is 0.819. The Hall–Kier alpha value is -2.39. The van der Waals surface area contributed by atoms with E-state index in [1.54, 1.807) is 12.1 Å². The number of likely N-dealkylation sites (tertiary alicyclic amines) is 1. The van der Waals surface area contributed by atoms with Crippen molar-refractivity contribution in [3.63, 3.8) is 0 Å². The van der Waals surface area contributed by atoms with E-state index in [-0.39, 0.29) is 12.2 Å². The highest BCUT2D eigenvalue weighted by Gasteiger charge is 2.22. The Morgan fingerprint density at radius 1 is 1.14 bits per heavy atom. The fourth-order valence-electron chi connectivity index (χ4n) is 3.69. The van der Waals surface area contributed by atoms with E-state index >= 15 is 0 Å². The van der Waals surface area contributed by atoms with Crippen LogP contribution in [0.2, 0.25) is 0 Å². The van der Waals surface area contributed by atoms with E-state index in [1.165, 1.54) is 5.56 Å². The van der Waals surface area contributed by atoms with Gasteiger partial charge in [0.1, 0.15) is 11.9 Å². The molecule has 2 aromatic carbocycles. The van der Waals surface area contributed by atoms with Crippen LogP contribution in [0.5, 0.6) is 5.75 Å². The average molecular weight is 380 g/mol. The van der Waals surface area contributed by atoms with Crippen molar-refractivity contribution in [3.8, 4) is 11.8 Å². The van der Waals surface area contributed by atoms with Crippen molar-refractivity contribution >= 4 is 0 Å². The van der Waals surface area contributed by atoms with Crippen molar-refractivity contribution in [1.29, 1.82) is 5.26 Å². The predicted molar refractivity (Wildman–Crippen MR) is 110 cm³/mol. The lowest BCUT2D eigenvalue weighted by atomic mass is 10.1. The molecule has 28 heavy (non-hydrogen) atoms. The lowest BCUT2D eigenvalue weighted by molar-refractivity contribution is 0.0469. The van der Waals surface area contributed by atoms with Gasteiger partial charge in [0.25, 0.3) is 0 Å². The van der Waals surface area contributed by atoms with E-state index < -0.39 is 0 Å². The van der Waals surface area contributed by atoms with Crippen LogP contribution < -0.4 is 4.74 Å². The summed E-state index contributed by atoms with van der Waals surface area (Å²) in [5, 5.41) is 19.3. The molecule has 0 bridgehead atoms. The summed E-state index contributed by atoms with van der Waals surface area (Å²) in [4.78, 5) is 4.49. The highest BCUT2D eigenvalue weighted by molar-refractivity contribution is 5.34. The number of benzene rings is 2. The second-order valence-corrected chi connectivity index (χ2v) is 7.59. The Labute approximate surface area is 167 Å². The molecular weight excluding hydrogens is 350 g/mol.